The van der Waals surface area contributed by atoms with E-state index in [2.05, 4.69) is 10.6 Å². The molecule has 1 aromatic rings. The van der Waals surface area contributed by atoms with Crippen molar-refractivity contribution in [1.29, 1.82) is 0 Å². The van der Waals surface area contributed by atoms with Crippen LogP contribution in [0.5, 0.6) is 0 Å². The van der Waals surface area contributed by atoms with Crippen molar-refractivity contribution in [3.63, 3.8) is 0 Å². The molecule has 138 valence electrons. The van der Waals surface area contributed by atoms with Gasteiger partial charge in [0.25, 0.3) is 0 Å². The van der Waals surface area contributed by atoms with Crippen LogP contribution in [0.2, 0.25) is 0 Å². The highest BCUT2D eigenvalue weighted by Crippen LogP contribution is 2.17. The molecule has 6 heteroatoms. The molecule has 1 aliphatic carbocycles. The molecule has 1 aliphatic heterocycles. The molecule has 1 saturated carbocycles. The van der Waals surface area contributed by atoms with Crippen molar-refractivity contribution in [3.05, 3.63) is 24.2 Å². The molecule has 0 spiro atoms. The van der Waals surface area contributed by atoms with Gasteiger partial charge in [-0.3, -0.25) is 9.79 Å². The number of rotatable bonds is 5. The number of carbonyl (C=O) groups excluding carboxylic acids is 1. The van der Waals surface area contributed by atoms with E-state index in [0.29, 0.717) is 19.0 Å². The molecule has 0 bridgehead atoms. The maximum absolute atomic E-state index is 11.7. The molecule has 1 atom stereocenters. The van der Waals surface area contributed by atoms with Crippen LogP contribution >= 0.6 is 0 Å². The van der Waals surface area contributed by atoms with Crippen LogP contribution in [0.1, 0.15) is 50.7 Å². The summed E-state index contributed by atoms with van der Waals surface area (Å²) in [5.41, 5.74) is 0. The number of nitrogens with one attached hydrogen (secondary N) is 2. The molecule has 2 aliphatic rings. The van der Waals surface area contributed by atoms with E-state index in [9.17, 15) is 4.79 Å². The lowest BCUT2D eigenvalue weighted by molar-refractivity contribution is -0.132. The van der Waals surface area contributed by atoms with Crippen molar-refractivity contribution < 1.29 is 9.21 Å². The first-order chi connectivity index (χ1) is 12.2. The highest BCUT2D eigenvalue weighted by molar-refractivity contribution is 5.81. The molecule has 25 heavy (non-hydrogen) atoms. The third-order valence-electron chi connectivity index (χ3n) is 5.12. The fourth-order valence-electron chi connectivity index (χ4n) is 3.63. The predicted molar refractivity (Wildman–Crippen MR) is 98.5 cm³/mol. The number of carbonyl (C=O) groups is 1. The smallest absolute Gasteiger partial charge is 0.222 e. The van der Waals surface area contributed by atoms with Gasteiger partial charge in [0.05, 0.1) is 6.26 Å². The quantitative estimate of drug-likeness (QED) is 0.634. The van der Waals surface area contributed by atoms with E-state index in [4.69, 9.17) is 9.41 Å². The SMILES string of the molecule is CN1CC(NC(=NCCc2ccco2)NC2CCCCC2)CCC1=O. The Morgan fingerprint density at radius 3 is 2.76 bits per heavy atom. The summed E-state index contributed by atoms with van der Waals surface area (Å²) in [5.74, 6) is 2.07. The minimum atomic E-state index is 0.231. The number of hydrogen-bond acceptors (Lipinski definition) is 3. The van der Waals surface area contributed by atoms with Crippen molar-refractivity contribution in [3.8, 4) is 0 Å². The normalized spacial score (nSPS) is 22.9. The molecule has 6 nitrogen and oxygen atoms in total. The van der Waals surface area contributed by atoms with E-state index < -0.39 is 0 Å². The fraction of sp³-hybridized carbons (Fsp3) is 0.684. The Bertz CT molecular complexity index is 564. The zero-order valence-corrected chi connectivity index (χ0v) is 15.2. The second-order valence-electron chi connectivity index (χ2n) is 7.19. The number of furan rings is 1. The van der Waals surface area contributed by atoms with Crippen LogP contribution in [-0.2, 0) is 11.2 Å². The van der Waals surface area contributed by atoms with Crippen LogP contribution in [0.3, 0.4) is 0 Å². The molecule has 2 N–H and O–H groups in total. The van der Waals surface area contributed by atoms with E-state index in [0.717, 1.165) is 31.1 Å². The maximum Gasteiger partial charge on any atom is 0.222 e. The topological polar surface area (TPSA) is 69.9 Å². The van der Waals surface area contributed by atoms with Crippen molar-refractivity contribution in [2.45, 2.75) is 63.5 Å². The van der Waals surface area contributed by atoms with Crippen LogP contribution in [-0.4, -0.2) is 49.0 Å². The Hall–Kier alpha value is -1.98. The minimum absolute atomic E-state index is 0.231. The molecule has 2 fully saturated rings. The van der Waals surface area contributed by atoms with Gasteiger partial charge in [0.2, 0.25) is 5.91 Å². The zero-order valence-electron chi connectivity index (χ0n) is 15.2. The summed E-state index contributed by atoms with van der Waals surface area (Å²) in [4.78, 5) is 18.3. The second-order valence-corrected chi connectivity index (χ2v) is 7.19. The van der Waals surface area contributed by atoms with Crippen molar-refractivity contribution in [2.24, 2.45) is 4.99 Å². The van der Waals surface area contributed by atoms with Crippen molar-refractivity contribution in [2.75, 3.05) is 20.1 Å². The predicted octanol–water partition coefficient (Wildman–Crippen LogP) is 2.31. The first-order valence-electron chi connectivity index (χ1n) is 9.54. The monoisotopic (exact) mass is 346 g/mol. The molecule has 1 saturated heterocycles. The van der Waals surface area contributed by atoms with Crippen LogP contribution in [0.15, 0.2) is 27.8 Å². The van der Waals surface area contributed by atoms with Crippen molar-refractivity contribution in [1.82, 2.24) is 15.5 Å². The Balaban J connectivity index is 1.57. The molecule has 1 unspecified atom stereocenters. The van der Waals surface area contributed by atoms with E-state index >= 15 is 0 Å². The molecular formula is C19H30N4O2. The van der Waals surface area contributed by atoms with Crippen LogP contribution in [0, 0.1) is 0 Å². The number of aliphatic imine (C=N–C) groups is 1. The highest BCUT2D eigenvalue weighted by Gasteiger charge is 2.24. The van der Waals surface area contributed by atoms with Gasteiger partial charge in [-0.05, 0) is 31.4 Å². The van der Waals surface area contributed by atoms with E-state index in [1.54, 1.807) is 6.26 Å². The summed E-state index contributed by atoms with van der Waals surface area (Å²) in [7, 11) is 1.87. The number of nitrogens with zero attached hydrogens (tertiary/aromatic N) is 2. The molecule has 1 aromatic heterocycles. The molecule has 3 rings (SSSR count). The standard InChI is InChI=1S/C19H30N4O2/c1-23-14-16(9-10-18(23)24)22-19(21-15-6-3-2-4-7-15)20-12-11-17-8-5-13-25-17/h5,8,13,15-16H,2-4,6-7,9-12,14H2,1H3,(H2,20,21,22). The Labute approximate surface area is 150 Å². The zero-order chi connectivity index (χ0) is 17.5. The number of piperidine rings is 1. The maximum atomic E-state index is 11.7. The molecule has 2 heterocycles. The summed E-state index contributed by atoms with van der Waals surface area (Å²) in [6.45, 7) is 1.43. The van der Waals surface area contributed by atoms with Crippen LogP contribution in [0.4, 0.5) is 0 Å². The molecule has 0 radical (unpaired) electrons. The number of guanidine groups is 1. The Morgan fingerprint density at radius 2 is 2.04 bits per heavy atom. The highest BCUT2D eigenvalue weighted by atomic mass is 16.3. The lowest BCUT2D eigenvalue weighted by atomic mass is 9.96. The van der Waals surface area contributed by atoms with Gasteiger partial charge < -0.3 is 20.0 Å². The third-order valence-corrected chi connectivity index (χ3v) is 5.12. The largest absolute Gasteiger partial charge is 0.469 e. The van der Waals surface area contributed by atoms with Gasteiger partial charge in [0, 0.05) is 45.1 Å². The Morgan fingerprint density at radius 1 is 1.24 bits per heavy atom. The van der Waals surface area contributed by atoms with Crippen LogP contribution in [0.25, 0.3) is 0 Å². The van der Waals surface area contributed by atoms with Gasteiger partial charge in [-0.25, -0.2) is 0 Å². The van der Waals surface area contributed by atoms with Gasteiger partial charge in [-0.2, -0.15) is 0 Å². The fourth-order valence-corrected chi connectivity index (χ4v) is 3.63. The summed E-state index contributed by atoms with van der Waals surface area (Å²) < 4.78 is 5.39. The lowest BCUT2D eigenvalue weighted by Crippen LogP contribution is -2.53. The van der Waals surface area contributed by atoms with Gasteiger partial charge >= 0.3 is 0 Å². The van der Waals surface area contributed by atoms with E-state index in [-0.39, 0.29) is 11.9 Å². The van der Waals surface area contributed by atoms with E-state index in [1.165, 1.54) is 32.1 Å². The Kier molecular flexibility index (Phi) is 6.36. The third kappa shape index (κ3) is 5.51. The van der Waals surface area contributed by atoms with Gasteiger partial charge in [-0.15, -0.1) is 0 Å². The first kappa shape index (κ1) is 17.8. The number of amides is 1. The van der Waals surface area contributed by atoms with Crippen molar-refractivity contribution >= 4 is 11.9 Å². The molecule has 1 amide bonds. The minimum Gasteiger partial charge on any atom is -0.469 e. The summed E-state index contributed by atoms with van der Waals surface area (Å²) in [5, 5.41) is 7.16. The molecule has 0 aromatic carbocycles. The second kappa shape index (κ2) is 8.92. The summed E-state index contributed by atoms with van der Waals surface area (Å²) in [6.07, 6.45) is 10.3. The number of hydrogen-bond donors (Lipinski definition) is 2. The molecular weight excluding hydrogens is 316 g/mol. The number of likely N-dealkylation sites (N-methyl/N-ethyl adjacent to an activating group) is 1. The lowest BCUT2D eigenvalue weighted by Gasteiger charge is -2.32. The van der Waals surface area contributed by atoms with Gasteiger partial charge in [0.15, 0.2) is 5.96 Å². The van der Waals surface area contributed by atoms with Gasteiger partial charge in [-0.1, -0.05) is 19.3 Å². The van der Waals surface area contributed by atoms with Crippen LogP contribution < -0.4 is 10.6 Å². The number of likely N-dealkylation sites (tertiary alicyclic amines) is 1. The van der Waals surface area contributed by atoms with Gasteiger partial charge in [0.1, 0.15) is 5.76 Å². The average molecular weight is 346 g/mol. The first-order valence-corrected chi connectivity index (χ1v) is 9.54. The summed E-state index contributed by atoms with van der Waals surface area (Å²) >= 11 is 0. The van der Waals surface area contributed by atoms with E-state index in [1.807, 2.05) is 24.1 Å². The average Bonchev–Trinajstić information content (AvgIpc) is 3.12. The summed E-state index contributed by atoms with van der Waals surface area (Å²) in [6, 6.07) is 4.67.